The lowest BCUT2D eigenvalue weighted by Gasteiger charge is -2.23. The van der Waals surface area contributed by atoms with Crippen LogP contribution in [0.4, 0.5) is 5.13 Å². The molecule has 0 bridgehead atoms. The number of rotatable bonds is 7. The quantitative estimate of drug-likeness (QED) is 0.317. The van der Waals surface area contributed by atoms with E-state index in [2.05, 4.69) is 4.98 Å². The van der Waals surface area contributed by atoms with Crippen LogP contribution in [0.2, 0.25) is 0 Å². The predicted octanol–water partition coefficient (Wildman–Crippen LogP) is 4.89. The van der Waals surface area contributed by atoms with Crippen molar-refractivity contribution in [2.24, 2.45) is 0 Å². The van der Waals surface area contributed by atoms with Crippen molar-refractivity contribution < 1.29 is 28.2 Å². The minimum Gasteiger partial charge on any atom is -0.493 e. The molecule has 1 atom stereocenters. The Bertz CT molecular complexity index is 1590. The topological polar surface area (TPSA) is 108 Å². The van der Waals surface area contributed by atoms with Crippen molar-refractivity contribution in [3.8, 4) is 11.5 Å². The van der Waals surface area contributed by atoms with Gasteiger partial charge in [0.2, 0.25) is 5.76 Å². The number of hydrogen-bond donors (Lipinski definition) is 0. The van der Waals surface area contributed by atoms with Crippen molar-refractivity contribution in [2.45, 2.75) is 26.8 Å². The van der Waals surface area contributed by atoms with E-state index in [1.165, 1.54) is 12.0 Å². The predicted molar refractivity (Wildman–Crippen MR) is 138 cm³/mol. The molecule has 0 radical (unpaired) electrons. The van der Waals surface area contributed by atoms with E-state index in [-0.39, 0.29) is 33.4 Å². The molecule has 1 aliphatic heterocycles. The van der Waals surface area contributed by atoms with E-state index in [0.717, 1.165) is 11.3 Å². The van der Waals surface area contributed by atoms with Crippen LogP contribution in [0.5, 0.6) is 11.5 Å². The summed E-state index contributed by atoms with van der Waals surface area (Å²) in [6.07, 6.45) is 0. The number of carbonyl (C=O) groups excluding carboxylic acids is 2. The van der Waals surface area contributed by atoms with E-state index in [4.69, 9.17) is 18.6 Å². The molecule has 0 saturated heterocycles. The summed E-state index contributed by atoms with van der Waals surface area (Å²) < 4.78 is 22.3. The molecule has 10 heteroatoms. The largest absolute Gasteiger partial charge is 0.493 e. The highest BCUT2D eigenvalue weighted by atomic mass is 32.1. The second-order valence-corrected chi connectivity index (χ2v) is 9.20. The molecule has 4 aromatic rings. The Morgan fingerprint density at radius 2 is 1.89 bits per heavy atom. The molecule has 2 aromatic carbocycles. The van der Waals surface area contributed by atoms with E-state index in [1.807, 2.05) is 6.92 Å². The number of anilines is 1. The van der Waals surface area contributed by atoms with E-state index >= 15 is 0 Å². The van der Waals surface area contributed by atoms with Crippen molar-refractivity contribution in [3.05, 3.63) is 80.1 Å². The number of thiazole rings is 1. The number of hydrogen-bond acceptors (Lipinski definition) is 9. The van der Waals surface area contributed by atoms with Gasteiger partial charge in [0.25, 0.3) is 5.91 Å². The van der Waals surface area contributed by atoms with Gasteiger partial charge in [-0.15, -0.1) is 0 Å². The average molecular weight is 521 g/mol. The van der Waals surface area contributed by atoms with Gasteiger partial charge in [0.1, 0.15) is 10.5 Å². The Morgan fingerprint density at radius 3 is 2.62 bits per heavy atom. The third kappa shape index (κ3) is 4.03. The van der Waals surface area contributed by atoms with E-state index in [1.54, 1.807) is 56.3 Å². The van der Waals surface area contributed by atoms with E-state index in [9.17, 15) is 14.4 Å². The number of esters is 1. The molecular weight excluding hydrogens is 496 g/mol. The Labute approximate surface area is 216 Å². The van der Waals surface area contributed by atoms with Gasteiger partial charge in [0, 0.05) is 0 Å². The molecule has 0 N–H and O–H groups in total. The number of ether oxygens (including phenoxy) is 3. The average Bonchev–Trinajstić information content (AvgIpc) is 3.42. The minimum absolute atomic E-state index is 0.0629. The first-order valence-corrected chi connectivity index (χ1v) is 12.6. The summed E-state index contributed by atoms with van der Waals surface area (Å²) in [5.74, 6) is -0.128. The number of amides is 1. The Kier molecular flexibility index (Phi) is 6.43. The summed E-state index contributed by atoms with van der Waals surface area (Å²) in [5.41, 5.74) is 1.21. The molecule has 5 rings (SSSR count). The highest BCUT2D eigenvalue weighted by Crippen LogP contribution is 2.44. The lowest BCUT2D eigenvalue weighted by molar-refractivity contribution is 0.0531. The molecule has 3 heterocycles. The van der Waals surface area contributed by atoms with Crippen LogP contribution in [0.3, 0.4) is 0 Å². The van der Waals surface area contributed by atoms with Gasteiger partial charge in [-0.25, -0.2) is 9.78 Å². The number of nitrogens with zero attached hydrogens (tertiary/aromatic N) is 2. The SMILES string of the molecule is CCOC(=O)c1sc(N2C(=O)c3oc4ccccc4c(=O)c3[C@H]2c2ccc(OCC)c(OC)c2)nc1C. The van der Waals surface area contributed by atoms with Crippen molar-refractivity contribution in [1.29, 1.82) is 0 Å². The first-order valence-electron chi connectivity index (χ1n) is 11.7. The van der Waals surface area contributed by atoms with Gasteiger partial charge >= 0.3 is 5.97 Å². The number of benzene rings is 2. The first kappa shape index (κ1) is 24.5. The number of para-hydroxylation sites is 1. The molecule has 1 amide bonds. The van der Waals surface area contributed by atoms with Crippen LogP contribution in [-0.4, -0.2) is 37.2 Å². The number of methoxy groups -OCH3 is 1. The zero-order chi connectivity index (χ0) is 26.3. The lowest BCUT2D eigenvalue weighted by Crippen LogP contribution is -2.29. The van der Waals surface area contributed by atoms with E-state index in [0.29, 0.717) is 40.3 Å². The summed E-state index contributed by atoms with van der Waals surface area (Å²) in [5, 5.41) is 0.611. The second-order valence-electron chi connectivity index (χ2n) is 8.22. The van der Waals surface area contributed by atoms with Gasteiger partial charge in [0.15, 0.2) is 22.1 Å². The maximum Gasteiger partial charge on any atom is 0.350 e. The maximum absolute atomic E-state index is 13.8. The standard InChI is InChI=1S/C27H24N2O7S/c1-5-34-18-12-11-15(13-19(18)33-4)21-20-22(30)16-9-7-8-10-17(16)36-23(20)25(31)29(21)27-28-14(3)24(37-27)26(32)35-6-2/h7-13,21H,5-6H2,1-4H3/t21-/m1/s1. The van der Waals surface area contributed by atoms with Crippen molar-refractivity contribution in [3.63, 3.8) is 0 Å². The van der Waals surface area contributed by atoms with Gasteiger partial charge in [0.05, 0.1) is 43.0 Å². The van der Waals surface area contributed by atoms with Crippen molar-refractivity contribution in [2.75, 3.05) is 25.2 Å². The normalized spacial score (nSPS) is 14.6. The minimum atomic E-state index is -0.867. The fourth-order valence-corrected chi connectivity index (χ4v) is 5.42. The molecular formula is C27H24N2O7S. The Balaban J connectivity index is 1.74. The number of fused-ring (bicyclic) bond motifs is 2. The lowest BCUT2D eigenvalue weighted by atomic mass is 9.98. The van der Waals surface area contributed by atoms with Gasteiger partial charge in [-0.3, -0.25) is 14.5 Å². The molecule has 2 aromatic heterocycles. The molecule has 1 aliphatic rings. The Morgan fingerprint density at radius 1 is 1.11 bits per heavy atom. The summed E-state index contributed by atoms with van der Waals surface area (Å²) in [7, 11) is 1.52. The number of carbonyl (C=O) groups is 2. The molecule has 0 saturated carbocycles. The molecule has 190 valence electrons. The summed E-state index contributed by atoms with van der Waals surface area (Å²) in [4.78, 5) is 46.2. The highest BCUT2D eigenvalue weighted by Gasteiger charge is 2.45. The third-order valence-corrected chi connectivity index (χ3v) is 7.17. The monoisotopic (exact) mass is 520 g/mol. The molecule has 0 spiro atoms. The molecule has 37 heavy (non-hydrogen) atoms. The van der Waals surface area contributed by atoms with E-state index < -0.39 is 17.9 Å². The smallest absolute Gasteiger partial charge is 0.350 e. The molecule has 9 nitrogen and oxygen atoms in total. The fraction of sp³-hybridized carbons (Fsp3) is 0.259. The van der Waals surface area contributed by atoms with Crippen LogP contribution in [0, 0.1) is 6.92 Å². The van der Waals surface area contributed by atoms with Crippen LogP contribution in [0.25, 0.3) is 11.0 Å². The van der Waals surface area contributed by atoms with Gasteiger partial charge < -0.3 is 18.6 Å². The molecule has 0 aliphatic carbocycles. The van der Waals surface area contributed by atoms with Crippen LogP contribution in [0.1, 0.15) is 56.9 Å². The van der Waals surface area contributed by atoms with Crippen LogP contribution >= 0.6 is 11.3 Å². The summed E-state index contributed by atoms with van der Waals surface area (Å²) >= 11 is 1.03. The highest BCUT2D eigenvalue weighted by molar-refractivity contribution is 7.17. The number of aromatic nitrogens is 1. The number of aryl methyl sites for hydroxylation is 1. The van der Waals surface area contributed by atoms with Crippen molar-refractivity contribution >= 4 is 39.3 Å². The second kappa shape index (κ2) is 9.70. The van der Waals surface area contributed by atoms with Gasteiger partial charge in [-0.2, -0.15) is 0 Å². The summed E-state index contributed by atoms with van der Waals surface area (Å²) in [6, 6.07) is 11.2. The van der Waals surface area contributed by atoms with Crippen LogP contribution < -0.4 is 19.8 Å². The molecule has 0 fully saturated rings. The van der Waals surface area contributed by atoms with Crippen molar-refractivity contribution in [1.82, 2.24) is 4.98 Å². The Hall–Kier alpha value is -4.18. The third-order valence-electron chi connectivity index (χ3n) is 6.03. The zero-order valence-corrected chi connectivity index (χ0v) is 21.5. The fourth-order valence-electron chi connectivity index (χ4n) is 4.43. The summed E-state index contributed by atoms with van der Waals surface area (Å²) in [6.45, 7) is 5.90. The van der Waals surface area contributed by atoms with Gasteiger partial charge in [-0.05, 0) is 50.6 Å². The first-order chi connectivity index (χ1) is 17.9. The molecule has 0 unspecified atom stereocenters. The van der Waals surface area contributed by atoms with Crippen LogP contribution in [0.15, 0.2) is 51.7 Å². The van der Waals surface area contributed by atoms with Gasteiger partial charge in [-0.1, -0.05) is 29.5 Å². The van der Waals surface area contributed by atoms with Crippen LogP contribution in [-0.2, 0) is 4.74 Å². The zero-order valence-electron chi connectivity index (χ0n) is 20.7. The maximum atomic E-state index is 13.8.